The van der Waals surface area contributed by atoms with Crippen LogP contribution in [0.5, 0.6) is 0 Å². The van der Waals surface area contributed by atoms with Gasteiger partial charge in [-0.1, -0.05) is 29.8 Å². The summed E-state index contributed by atoms with van der Waals surface area (Å²) >= 11 is 1.80. The largest absolute Gasteiger partial charge is 0.330 e. The van der Waals surface area contributed by atoms with E-state index in [1.807, 2.05) is 0 Å². The van der Waals surface area contributed by atoms with Gasteiger partial charge < -0.3 is 5.73 Å². The highest BCUT2D eigenvalue weighted by Gasteiger charge is 2.01. The second-order valence-corrected chi connectivity index (χ2v) is 4.64. The maximum absolute atomic E-state index is 5.54. The van der Waals surface area contributed by atoms with Crippen molar-refractivity contribution in [2.75, 3.05) is 6.54 Å². The van der Waals surface area contributed by atoms with E-state index in [1.165, 1.54) is 21.6 Å². The van der Waals surface area contributed by atoms with Gasteiger partial charge in [0.1, 0.15) is 0 Å². The summed E-state index contributed by atoms with van der Waals surface area (Å²) in [7, 11) is 0. The van der Waals surface area contributed by atoms with Gasteiger partial charge in [0.05, 0.1) is 0 Å². The molecule has 0 radical (unpaired) electrons. The molecule has 2 rings (SSSR count). The Hall–Kier alpha value is -1.12. The highest BCUT2D eigenvalue weighted by atomic mass is 32.1. The first kappa shape index (κ1) is 10.4. The van der Waals surface area contributed by atoms with Crippen molar-refractivity contribution in [1.29, 1.82) is 0 Å². The van der Waals surface area contributed by atoms with Crippen LogP contribution in [0.25, 0.3) is 10.4 Å². The van der Waals surface area contributed by atoms with Gasteiger partial charge in [0.2, 0.25) is 0 Å². The minimum absolute atomic E-state index is 0.726. The quantitative estimate of drug-likeness (QED) is 0.839. The van der Waals surface area contributed by atoms with Gasteiger partial charge in [0.25, 0.3) is 0 Å². The molecular formula is C13H15NS. The Morgan fingerprint density at radius 1 is 1.27 bits per heavy atom. The second kappa shape index (κ2) is 4.60. The van der Waals surface area contributed by atoms with Crippen molar-refractivity contribution >= 4 is 11.3 Å². The van der Waals surface area contributed by atoms with Crippen molar-refractivity contribution in [2.45, 2.75) is 13.3 Å². The molecular weight excluding hydrogens is 202 g/mol. The number of hydrogen-bond donors (Lipinski definition) is 1. The van der Waals surface area contributed by atoms with Crippen LogP contribution in [0.1, 0.15) is 11.1 Å². The summed E-state index contributed by atoms with van der Waals surface area (Å²) in [5.74, 6) is 0. The zero-order chi connectivity index (χ0) is 10.7. The molecule has 0 aliphatic carbocycles. The Morgan fingerprint density at radius 3 is 2.87 bits per heavy atom. The molecule has 2 aromatic rings. The molecule has 78 valence electrons. The normalized spacial score (nSPS) is 10.5. The lowest BCUT2D eigenvalue weighted by Crippen LogP contribution is -2.01. The lowest BCUT2D eigenvalue weighted by atomic mass is 10.1. The molecule has 0 saturated heterocycles. The van der Waals surface area contributed by atoms with E-state index in [4.69, 9.17) is 5.73 Å². The molecule has 2 heteroatoms. The molecule has 1 aromatic carbocycles. The summed E-state index contributed by atoms with van der Waals surface area (Å²) < 4.78 is 0. The lowest BCUT2D eigenvalue weighted by Gasteiger charge is -1.98. The fraction of sp³-hybridized carbons (Fsp3) is 0.231. The number of rotatable bonds is 3. The van der Waals surface area contributed by atoms with E-state index in [0.717, 1.165) is 13.0 Å². The van der Waals surface area contributed by atoms with Gasteiger partial charge in [-0.15, -0.1) is 11.3 Å². The molecule has 15 heavy (non-hydrogen) atoms. The van der Waals surface area contributed by atoms with Crippen molar-refractivity contribution in [3.8, 4) is 10.4 Å². The van der Waals surface area contributed by atoms with E-state index in [2.05, 4.69) is 42.6 Å². The van der Waals surface area contributed by atoms with Crippen LogP contribution in [0, 0.1) is 6.92 Å². The first-order chi connectivity index (χ1) is 7.29. The van der Waals surface area contributed by atoms with E-state index >= 15 is 0 Å². The molecule has 0 spiro atoms. The highest BCUT2D eigenvalue weighted by Crippen LogP contribution is 2.27. The molecule has 0 bridgehead atoms. The lowest BCUT2D eigenvalue weighted by molar-refractivity contribution is 0.974. The van der Waals surface area contributed by atoms with Crippen molar-refractivity contribution in [3.63, 3.8) is 0 Å². The average molecular weight is 217 g/mol. The number of thiophene rings is 1. The number of nitrogens with two attached hydrogens (primary N) is 1. The van der Waals surface area contributed by atoms with Crippen LogP contribution in [-0.4, -0.2) is 6.54 Å². The van der Waals surface area contributed by atoms with E-state index in [0.29, 0.717) is 0 Å². The van der Waals surface area contributed by atoms with Gasteiger partial charge in [0.15, 0.2) is 0 Å². The molecule has 1 heterocycles. The zero-order valence-corrected chi connectivity index (χ0v) is 9.68. The summed E-state index contributed by atoms with van der Waals surface area (Å²) in [6.45, 7) is 2.85. The van der Waals surface area contributed by atoms with Crippen molar-refractivity contribution in [2.24, 2.45) is 5.73 Å². The van der Waals surface area contributed by atoms with Crippen LogP contribution < -0.4 is 5.73 Å². The summed E-state index contributed by atoms with van der Waals surface area (Å²) in [4.78, 5) is 1.34. The van der Waals surface area contributed by atoms with Gasteiger partial charge in [-0.25, -0.2) is 0 Å². The summed E-state index contributed by atoms with van der Waals surface area (Å²) in [5.41, 5.74) is 9.50. The predicted molar refractivity (Wildman–Crippen MR) is 67.3 cm³/mol. The standard InChI is InChI=1S/C13H15NS/c1-10-3-2-4-12(7-10)13-8-11(5-6-14)9-15-13/h2-4,7-9H,5-6,14H2,1H3. The molecule has 0 unspecified atom stereocenters. The van der Waals surface area contributed by atoms with Gasteiger partial charge in [0, 0.05) is 4.88 Å². The Balaban J connectivity index is 2.29. The average Bonchev–Trinajstić information content (AvgIpc) is 2.67. The third-order valence-electron chi connectivity index (χ3n) is 2.39. The van der Waals surface area contributed by atoms with E-state index in [-0.39, 0.29) is 0 Å². The van der Waals surface area contributed by atoms with Gasteiger partial charge >= 0.3 is 0 Å². The van der Waals surface area contributed by atoms with E-state index in [9.17, 15) is 0 Å². The minimum Gasteiger partial charge on any atom is -0.330 e. The Kier molecular flexibility index (Phi) is 3.19. The third-order valence-corrected chi connectivity index (χ3v) is 3.42. The summed E-state index contributed by atoms with van der Waals surface area (Å²) in [6, 6.07) is 10.8. The molecule has 0 aliphatic heterocycles. The van der Waals surface area contributed by atoms with E-state index in [1.54, 1.807) is 11.3 Å². The Bertz CT molecular complexity index is 445. The van der Waals surface area contributed by atoms with Crippen LogP contribution in [0.4, 0.5) is 0 Å². The van der Waals surface area contributed by atoms with Crippen LogP contribution in [-0.2, 0) is 6.42 Å². The number of aryl methyl sites for hydroxylation is 1. The molecule has 0 saturated carbocycles. The minimum atomic E-state index is 0.726. The molecule has 0 atom stereocenters. The fourth-order valence-corrected chi connectivity index (χ4v) is 2.57. The maximum Gasteiger partial charge on any atom is 0.0345 e. The maximum atomic E-state index is 5.54. The topological polar surface area (TPSA) is 26.0 Å². The molecule has 1 nitrogen and oxygen atoms in total. The van der Waals surface area contributed by atoms with Gasteiger partial charge in [-0.05, 0) is 42.5 Å². The van der Waals surface area contributed by atoms with Crippen LogP contribution in [0.2, 0.25) is 0 Å². The van der Waals surface area contributed by atoms with Crippen LogP contribution >= 0.6 is 11.3 Å². The predicted octanol–water partition coefficient (Wildman–Crippen LogP) is 3.22. The molecule has 0 fully saturated rings. The first-order valence-corrected chi connectivity index (χ1v) is 6.02. The smallest absolute Gasteiger partial charge is 0.0345 e. The van der Waals surface area contributed by atoms with Gasteiger partial charge in [-0.3, -0.25) is 0 Å². The van der Waals surface area contributed by atoms with Crippen LogP contribution in [0.15, 0.2) is 35.7 Å². The molecule has 2 N–H and O–H groups in total. The number of hydrogen-bond acceptors (Lipinski definition) is 2. The third kappa shape index (κ3) is 2.46. The highest BCUT2D eigenvalue weighted by molar-refractivity contribution is 7.13. The SMILES string of the molecule is Cc1cccc(-c2cc(CCN)cs2)c1. The fourth-order valence-electron chi connectivity index (χ4n) is 1.62. The molecule has 1 aromatic heterocycles. The Labute approximate surface area is 94.6 Å². The summed E-state index contributed by atoms with van der Waals surface area (Å²) in [6.07, 6.45) is 0.975. The molecule has 0 amide bonds. The Morgan fingerprint density at radius 2 is 2.13 bits per heavy atom. The number of benzene rings is 1. The first-order valence-electron chi connectivity index (χ1n) is 5.14. The van der Waals surface area contributed by atoms with Gasteiger partial charge in [-0.2, -0.15) is 0 Å². The van der Waals surface area contributed by atoms with Crippen molar-refractivity contribution < 1.29 is 0 Å². The molecule has 0 aliphatic rings. The van der Waals surface area contributed by atoms with Crippen molar-refractivity contribution in [3.05, 3.63) is 46.8 Å². The van der Waals surface area contributed by atoms with Crippen molar-refractivity contribution in [1.82, 2.24) is 0 Å². The zero-order valence-electron chi connectivity index (χ0n) is 8.86. The van der Waals surface area contributed by atoms with Crippen LogP contribution in [0.3, 0.4) is 0 Å². The summed E-state index contributed by atoms with van der Waals surface area (Å²) in [5, 5.41) is 2.20. The second-order valence-electron chi connectivity index (χ2n) is 3.73. The van der Waals surface area contributed by atoms with E-state index < -0.39 is 0 Å². The monoisotopic (exact) mass is 217 g/mol.